The minimum Gasteiger partial charge on any atom is -0.466 e. The van der Waals surface area contributed by atoms with Crippen molar-refractivity contribution in [3.8, 4) is 0 Å². The molecule has 2 aromatic carbocycles. The molecule has 3 rings (SSSR count). The molecule has 204 valence electrons. The van der Waals surface area contributed by atoms with E-state index in [1.807, 2.05) is 24.3 Å². The van der Waals surface area contributed by atoms with Gasteiger partial charge in [-0.05, 0) is 92.4 Å². The normalized spacial score (nSPS) is 17.6. The molecule has 0 radical (unpaired) electrons. The first kappa shape index (κ1) is 29.9. The van der Waals surface area contributed by atoms with Gasteiger partial charge in [-0.2, -0.15) is 0 Å². The zero-order valence-electron chi connectivity index (χ0n) is 22.3. The van der Waals surface area contributed by atoms with Crippen LogP contribution in [0.15, 0.2) is 36.4 Å². The van der Waals surface area contributed by atoms with Crippen LogP contribution in [0.5, 0.6) is 0 Å². The largest absolute Gasteiger partial charge is 0.466 e. The van der Waals surface area contributed by atoms with E-state index in [1.165, 1.54) is 11.1 Å². The summed E-state index contributed by atoms with van der Waals surface area (Å²) in [7, 11) is 0. The Labute approximate surface area is 232 Å². The van der Waals surface area contributed by atoms with Crippen molar-refractivity contribution in [1.82, 2.24) is 4.90 Å². The molecular weight excluding hydrogens is 509 g/mol. The molecule has 2 aromatic rings. The molecule has 1 fully saturated rings. The highest BCUT2D eigenvalue weighted by Gasteiger charge is 2.27. The molecule has 5 nitrogen and oxygen atoms in total. The zero-order valence-corrected chi connectivity index (χ0v) is 23.9. The van der Waals surface area contributed by atoms with E-state index in [4.69, 9.17) is 32.7 Å². The fourth-order valence-corrected chi connectivity index (χ4v) is 5.66. The summed E-state index contributed by atoms with van der Waals surface area (Å²) in [5, 5.41) is 12.3. The highest BCUT2D eigenvalue weighted by molar-refractivity contribution is 6.31. The summed E-state index contributed by atoms with van der Waals surface area (Å²) in [4.78, 5) is 14.3. The predicted molar refractivity (Wildman–Crippen MR) is 151 cm³/mol. The first-order valence-corrected chi connectivity index (χ1v) is 14.3. The van der Waals surface area contributed by atoms with Gasteiger partial charge < -0.3 is 14.6 Å². The van der Waals surface area contributed by atoms with Crippen LogP contribution >= 0.6 is 23.2 Å². The second-order valence-corrected chi connectivity index (χ2v) is 10.7. The second-order valence-electron chi connectivity index (χ2n) is 9.81. The Morgan fingerprint density at radius 2 is 1.95 bits per heavy atom. The van der Waals surface area contributed by atoms with Crippen LogP contribution in [-0.2, 0) is 33.5 Å². The van der Waals surface area contributed by atoms with Crippen molar-refractivity contribution in [3.63, 3.8) is 0 Å². The number of likely N-dealkylation sites (tertiary alicyclic amines) is 1. The van der Waals surface area contributed by atoms with Crippen molar-refractivity contribution in [2.45, 2.75) is 84.0 Å². The molecule has 1 aliphatic rings. The van der Waals surface area contributed by atoms with E-state index in [0.29, 0.717) is 37.1 Å². The van der Waals surface area contributed by atoms with Crippen molar-refractivity contribution < 1.29 is 19.4 Å². The van der Waals surface area contributed by atoms with Crippen LogP contribution in [-0.4, -0.2) is 54.4 Å². The summed E-state index contributed by atoms with van der Waals surface area (Å²) < 4.78 is 11.3. The number of aliphatic hydroxyl groups excluding tert-OH is 1. The second kappa shape index (κ2) is 15.1. The number of halogens is 2. The molecule has 1 saturated heterocycles. The van der Waals surface area contributed by atoms with Crippen LogP contribution in [0.4, 0.5) is 0 Å². The highest BCUT2D eigenvalue weighted by atomic mass is 35.5. The highest BCUT2D eigenvalue weighted by Crippen LogP contribution is 2.29. The quantitative estimate of drug-likeness (QED) is 0.269. The van der Waals surface area contributed by atoms with Gasteiger partial charge in [0, 0.05) is 29.1 Å². The smallest absolute Gasteiger partial charge is 0.306 e. The predicted octanol–water partition coefficient (Wildman–Crippen LogP) is 6.59. The van der Waals surface area contributed by atoms with Gasteiger partial charge in [0.15, 0.2) is 0 Å². The summed E-state index contributed by atoms with van der Waals surface area (Å²) in [6, 6.07) is 12.5. The van der Waals surface area contributed by atoms with E-state index in [1.54, 1.807) is 6.92 Å². The minimum atomic E-state index is -0.582. The molecule has 1 heterocycles. The lowest BCUT2D eigenvalue weighted by Crippen LogP contribution is -2.39. The monoisotopic (exact) mass is 549 g/mol. The molecule has 1 aliphatic heterocycles. The van der Waals surface area contributed by atoms with Crippen molar-refractivity contribution >= 4 is 29.2 Å². The van der Waals surface area contributed by atoms with Gasteiger partial charge in [-0.15, -0.1) is 0 Å². The Morgan fingerprint density at radius 1 is 1.14 bits per heavy atom. The molecule has 0 spiro atoms. The zero-order chi connectivity index (χ0) is 26.8. The number of β-amino-alcohol motifs (C(OH)–C–C–N with tert-alkyl or cyclic N) is 1. The van der Waals surface area contributed by atoms with Gasteiger partial charge in [-0.1, -0.05) is 55.2 Å². The van der Waals surface area contributed by atoms with Gasteiger partial charge in [-0.25, -0.2) is 0 Å². The number of nitrogens with zero attached hydrogens (tertiary/aromatic N) is 1. The van der Waals surface area contributed by atoms with Gasteiger partial charge in [0.1, 0.15) is 0 Å². The van der Waals surface area contributed by atoms with Crippen LogP contribution < -0.4 is 0 Å². The van der Waals surface area contributed by atoms with Gasteiger partial charge in [-0.3, -0.25) is 9.69 Å². The molecular formula is C30H41Cl2NO4. The number of aryl methyl sites for hydroxylation is 2. The molecule has 0 unspecified atom stereocenters. The van der Waals surface area contributed by atoms with Crippen molar-refractivity contribution in [2.75, 3.05) is 26.3 Å². The van der Waals surface area contributed by atoms with Crippen LogP contribution in [0.25, 0.3) is 0 Å². The lowest BCUT2D eigenvalue weighted by molar-refractivity contribution is -0.143. The van der Waals surface area contributed by atoms with Gasteiger partial charge in [0.25, 0.3) is 0 Å². The topological polar surface area (TPSA) is 59.0 Å². The summed E-state index contributed by atoms with van der Waals surface area (Å²) in [6.07, 6.45) is 4.98. The van der Waals surface area contributed by atoms with Crippen LogP contribution in [0.2, 0.25) is 10.0 Å². The molecule has 0 bridgehead atoms. The summed E-state index contributed by atoms with van der Waals surface area (Å²) in [6.45, 7) is 8.20. The third-order valence-electron chi connectivity index (χ3n) is 7.12. The number of carbonyl (C=O) groups excluding carboxylic acids is 1. The standard InChI is InChI=1S/C30H41Cl2NO4/c1-4-22-16-21(9-13-28(22)32)17-25-8-7-15-33(25)19-26(34)20-37-29(5-2)27-12-11-24(31)18-23(27)10-14-30(35)36-6-3/h9,11-13,16,18,25-26,29,34H,4-8,10,14-15,17,19-20H2,1-3H3/t25-,26+,29+/m0/s1. The lowest BCUT2D eigenvalue weighted by Gasteiger charge is -2.28. The molecule has 7 heteroatoms. The SMILES string of the molecule is CCOC(=O)CCc1cc(Cl)ccc1[C@@H](CC)OC[C@H](O)CN1CCC[C@H]1Cc1ccc(Cl)c(CC)c1. The van der Waals surface area contributed by atoms with Gasteiger partial charge in [0.2, 0.25) is 0 Å². The maximum atomic E-state index is 11.9. The molecule has 3 atom stereocenters. The molecule has 1 N–H and O–H groups in total. The number of rotatable bonds is 14. The van der Waals surface area contributed by atoms with Crippen molar-refractivity contribution in [3.05, 3.63) is 68.7 Å². The number of esters is 1. The Morgan fingerprint density at radius 3 is 2.68 bits per heavy atom. The maximum absolute atomic E-state index is 11.9. The molecule has 0 aliphatic carbocycles. The number of carbonyl (C=O) groups is 1. The van der Waals surface area contributed by atoms with Crippen LogP contribution in [0, 0.1) is 0 Å². The number of aliphatic hydroxyl groups is 1. The molecule has 37 heavy (non-hydrogen) atoms. The number of benzene rings is 2. The first-order chi connectivity index (χ1) is 17.8. The van der Waals surface area contributed by atoms with E-state index in [-0.39, 0.29) is 18.7 Å². The molecule has 0 saturated carbocycles. The van der Waals surface area contributed by atoms with E-state index in [2.05, 4.69) is 30.9 Å². The summed E-state index contributed by atoms with van der Waals surface area (Å²) in [5.74, 6) is -0.220. The Bertz CT molecular complexity index is 1020. The van der Waals surface area contributed by atoms with Gasteiger partial charge in [0.05, 0.1) is 25.4 Å². The number of ether oxygens (including phenoxy) is 2. The van der Waals surface area contributed by atoms with Crippen LogP contribution in [0.3, 0.4) is 0 Å². The number of hydrogen-bond donors (Lipinski definition) is 1. The maximum Gasteiger partial charge on any atom is 0.306 e. The summed E-state index contributed by atoms with van der Waals surface area (Å²) in [5.41, 5.74) is 4.48. The fourth-order valence-electron chi connectivity index (χ4n) is 5.22. The van der Waals surface area contributed by atoms with Gasteiger partial charge >= 0.3 is 5.97 Å². The molecule has 0 aromatic heterocycles. The third kappa shape index (κ3) is 8.97. The first-order valence-electron chi connectivity index (χ1n) is 13.6. The average molecular weight is 551 g/mol. The van der Waals surface area contributed by atoms with Crippen LogP contribution in [0.1, 0.15) is 74.8 Å². The Hall–Kier alpha value is -1.63. The van der Waals surface area contributed by atoms with E-state index >= 15 is 0 Å². The lowest BCUT2D eigenvalue weighted by atomic mass is 9.97. The Balaban J connectivity index is 1.57. The molecule has 0 amide bonds. The minimum absolute atomic E-state index is 0.181. The average Bonchev–Trinajstić information content (AvgIpc) is 3.31. The van der Waals surface area contributed by atoms with Crippen molar-refractivity contribution in [1.29, 1.82) is 0 Å². The van der Waals surface area contributed by atoms with Crippen molar-refractivity contribution in [2.24, 2.45) is 0 Å². The van der Waals surface area contributed by atoms with E-state index in [9.17, 15) is 9.90 Å². The fraction of sp³-hybridized carbons (Fsp3) is 0.567. The summed E-state index contributed by atoms with van der Waals surface area (Å²) >= 11 is 12.6. The third-order valence-corrected chi connectivity index (χ3v) is 7.73. The van der Waals surface area contributed by atoms with E-state index in [0.717, 1.165) is 54.8 Å². The Kier molecular flexibility index (Phi) is 12.2. The van der Waals surface area contributed by atoms with E-state index < -0.39 is 6.10 Å². The number of hydrogen-bond acceptors (Lipinski definition) is 5.